The molecule has 0 aliphatic rings. The maximum atomic E-state index is 13.3. The van der Waals surface area contributed by atoms with E-state index < -0.39 is 11.7 Å². The minimum atomic E-state index is -4.39. The predicted molar refractivity (Wildman–Crippen MR) is 105 cm³/mol. The third-order valence-corrected chi connectivity index (χ3v) is 5.43. The van der Waals surface area contributed by atoms with Crippen molar-refractivity contribution in [1.82, 2.24) is 9.78 Å². The van der Waals surface area contributed by atoms with E-state index in [1.165, 1.54) is 23.5 Å². The van der Waals surface area contributed by atoms with Crippen LogP contribution in [0.2, 0.25) is 0 Å². The van der Waals surface area contributed by atoms with Crippen molar-refractivity contribution in [2.75, 3.05) is 19.0 Å². The van der Waals surface area contributed by atoms with Crippen LogP contribution in [0.25, 0.3) is 11.3 Å². The van der Waals surface area contributed by atoms with Crippen molar-refractivity contribution < 1.29 is 17.9 Å². The van der Waals surface area contributed by atoms with Crippen molar-refractivity contribution >= 4 is 16.3 Å². The van der Waals surface area contributed by atoms with Gasteiger partial charge in [0.05, 0.1) is 28.9 Å². The van der Waals surface area contributed by atoms with E-state index in [4.69, 9.17) is 10.5 Å². The van der Waals surface area contributed by atoms with Gasteiger partial charge in [-0.05, 0) is 30.2 Å². The first-order chi connectivity index (χ1) is 13.3. The molecule has 28 heavy (non-hydrogen) atoms. The lowest BCUT2D eigenvalue weighted by atomic mass is 10.00. The number of aryl methyl sites for hydroxylation is 1. The molecule has 2 aromatic heterocycles. The number of nitrogens with zero attached hydrogens (tertiary/aromatic N) is 2. The van der Waals surface area contributed by atoms with Gasteiger partial charge in [-0.15, -0.1) is 0 Å². The molecule has 3 N–H and O–H groups in total. The molecule has 1 aromatic carbocycles. The first-order valence-corrected chi connectivity index (χ1v) is 9.43. The molecule has 0 radical (unpaired) electrons. The number of thiophene rings is 1. The Morgan fingerprint density at radius 3 is 2.64 bits per heavy atom. The van der Waals surface area contributed by atoms with Crippen molar-refractivity contribution in [2.45, 2.75) is 18.6 Å². The number of nitrogens with two attached hydrogens (primary N) is 1. The van der Waals surface area contributed by atoms with Crippen molar-refractivity contribution in [1.29, 1.82) is 0 Å². The molecule has 1 atom stereocenters. The molecule has 0 bridgehead atoms. The molecule has 0 amide bonds. The van der Waals surface area contributed by atoms with Crippen LogP contribution in [0.15, 0.2) is 42.6 Å². The summed E-state index contributed by atoms with van der Waals surface area (Å²) in [6, 6.07) is 8.99. The number of nitrogens with one attached hydrogen (secondary N) is 1. The second kappa shape index (κ2) is 8.24. The molecular weight excluding hydrogens is 389 g/mol. The van der Waals surface area contributed by atoms with E-state index in [1.54, 1.807) is 24.1 Å². The third-order valence-electron chi connectivity index (χ3n) is 4.40. The highest BCUT2D eigenvalue weighted by Crippen LogP contribution is 2.41. The summed E-state index contributed by atoms with van der Waals surface area (Å²) in [4.78, 5) is 0. The summed E-state index contributed by atoms with van der Waals surface area (Å²) in [6.45, 7) is 0.188. The van der Waals surface area contributed by atoms with Gasteiger partial charge in [-0.25, -0.2) is 0 Å². The summed E-state index contributed by atoms with van der Waals surface area (Å²) in [5.41, 5.74) is 7.17. The zero-order valence-corrected chi connectivity index (χ0v) is 16.3. The first-order valence-electron chi connectivity index (χ1n) is 8.61. The smallest absolute Gasteiger partial charge is 0.416 e. The molecule has 0 spiro atoms. The van der Waals surface area contributed by atoms with Gasteiger partial charge in [-0.2, -0.15) is 18.3 Å². The van der Waals surface area contributed by atoms with Crippen LogP contribution in [0.5, 0.6) is 5.06 Å². The molecule has 0 saturated heterocycles. The Balaban J connectivity index is 1.83. The quantitative estimate of drug-likeness (QED) is 0.614. The van der Waals surface area contributed by atoms with E-state index in [9.17, 15) is 13.2 Å². The fourth-order valence-electron chi connectivity index (χ4n) is 3.05. The fourth-order valence-corrected chi connectivity index (χ4v) is 4.01. The van der Waals surface area contributed by atoms with Crippen molar-refractivity contribution in [3.05, 3.63) is 53.7 Å². The van der Waals surface area contributed by atoms with Crippen LogP contribution in [0.3, 0.4) is 0 Å². The normalized spacial score (nSPS) is 12.8. The Kier molecular flexibility index (Phi) is 5.95. The summed E-state index contributed by atoms with van der Waals surface area (Å²) in [5.74, 6) is 0. The minimum Gasteiger partial charge on any atom is -0.487 e. The number of alkyl halides is 3. The summed E-state index contributed by atoms with van der Waals surface area (Å²) >= 11 is 1.38. The lowest BCUT2D eigenvalue weighted by molar-refractivity contribution is -0.138. The van der Waals surface area contributed by atoms with Crippen LogP contribution in [-0.2, 0) is 19.6 Å². The number of ether oxygens (including phenoxy) is 1. The molecule has 9 heteroatoms. The van der Waals surface area contributed by atoms with Crippen molar-refractivity contribution in [3.8, 4) is 16.3 Å². The third kappa shape index (κ3) is 4.31. The molecule has 5 nitrogen and oxygen atoms in total. The summed E-state index contributed by atoms with van der Waals surface area (Å²) in [5, 5.41) is 8.87. The van der Waals surface area contributed by atoms with E-state index in [1.807, 2.05) is 19.2 Å². The van der Waals surface area contributed by atoms with E-state index in [0.717, 1.165) is 22.3 Å². The van der Waals surface area contributed by atoms with E-state index >= 15 is 0 Å². The molecule has 2 heterocycles. The number of benzene rings is 1. The Bertz CT molecular complexity index is 935. The van der Waals surface area contributed by atoms with Crippen LogP contribution in [0.1, 0.15) is 11.1 Å². The van der Waals surface area contributed by atoms with Crippen LogP contribution in [0, 0.1) is 0 Å². The standard InChI is InChI=1S/C19H21F3N4OS/c1-26-16(7-8-24-26)14-10-17(28-18(14)27-2)25-13(11-23)9-12-5-3-4-6-15(12)19(20,21)22/h3-8,10,13,25H,9,11,23H2,1-2H3/t13-/m0/s1. The molecule has 0 saturated carbocycles. The maximum Gasteiger partial charge on any atom is 0.416 e. The molecular formula is C19H21F3N4OS. The monoisotopic (exact) mass is 410 g/mol. The van der Waals surface area contributed by atoms with Gasteiger partial charge in [0, 0.05) is 25.8 Å². The molecule has 3 rings (SSSR count). The molecule has 0 aliphatic carbocycles. The zero-order valence-electron chi connectivity index (χ0n) is 15.5. The SMILES string of the molecule is COc1sc(N[C@H](CN)Cc2ccccc2C(F)(F)F)cc1-c1ccnn1C. The second-order valence-corrected chi connectivity index (χ2v) is 7.31. The summed E-state index contributed by atoms with van der Waals surface area (Å²) in [6.07, 6.45) is -2.54. The Labute approximate surface area is 164 Å². The van der Waals surface area contributed by atoms with Crippen LogP contribution in [0.4, 0.5) is 18.2 Å². The van der Waals surface area contributed by atoms with Gasteiger partial charge in [0.2, 0.25) is 0 Å². The largest absolute Gasteiger partial charge is 0.487 e. The van der Waals surface area contributed by atoms with Crippen molar-refractivity contribution in [3.63, 3.8) is 0 Å². The first kappa shape index (κ1) is 20.2. The Morgan fingerprint density at radius 1 is 1.29 bits per heavy atom. The van der Waals surface area contributed by atoms with E-state index in [0.29, 0.717) is 5.06 Å². The average molecular weight is 410 g/mol. The molecule has 3 aromatic rings. The van der Waals surface area contributed by atoms with Gasteiger partial charge in [-0.3, -0.25) is 4.68 Å². The topological polar surface area (TPSA) is 65.1 Å². The maximum absolute atomic E-state index is 13.3. The molecule has 150 valence electrons. The van der Waals surface area contributed by atoms with Gasteiger partial charge in [0.25, 0.3) is 0 Å². The molecule has 0 unspecified atom stereocenters. The highest BCUT2D eigenvalue weighted by molar-refractivity contribution is 7.18. The lowest BCUT2D eigenvalue weighted by Crippen LogP contribution is -2.31. The van der Waals surface area contributed by atoms with E-state index in [-0.39, 0.29) is 24.6 Å². The summed E-state index contributed by atoms with van der Waals surface area (Å²) in [7, 11) is 3.41. The van der Waals surface area contributed by atoms with Gasteiger partial charge in [-0.1, -0.05) is 29.5 Å². The van der Waals surface area contributed by atoms with Crippen LogP contribution >= 0.6 is 11.3 Å². The summed E-state index contributed by atoms with van der Waals surface area (Å²) < 4.78 is 46.9. The van der Waals surface area contributed by atoms with Gasteiger partial charge in [0.15, 0.2) is 5.06 Å². The Hall–Kier alpha value is -2.52. The van der Waals surface area contributed by atoms with Gasteiger partial charge >= 0.3 is 6.18 Å². The average Bonchev–Trinajstić information content (AvgIpc) is 3.26. The highest BCUT2D eigenvalue weighted by atomic mass is 32.1. The number of aromatic nitrogens is 2. The number of hydrogen-bond donors (Lipinski definition) is 2. The van der Waals surface area contributed by atoms with Crippen LogP contribution < -0.4 is 15.8 Å². The number of anilines is 1. The van der Waals surface area contributed by atoms with E-state index in [2.05, 4.69) is 10.4 Å². The van der Waals surface area contributed by atoms with Crippen LogP contribution in [-0.4, -0.2) is 29.5 Å². The number of halogens is 3. The second-order valence-electron chi connectivity index (χ2n) is 6.29. The predicted octanol–water partition coefficient (Wildman–Crippen LogP) is 4.16. The Morgan fingerprint density at radius 2 is 2.04 bits per heavy atom. The number of rotatable bonds is 7. The minimum absolute atomic E-state index is 0.160. The zero-order chi connectivity index (χ0) is 20.3. The molecule has 0 aliphatic heterocycles. The van der Waals surface area contributed by atoms with Gasteiger partial charge in [0.1, 0.15) is 0 Å². The number of methoxy groups -OCH3 is 1. The van der Waals surface area contributed by atoms with Gasteiger partial charge < -0.3 is 15.8 Å². The number of hydrogen-bond acceptors (Lipinski definition) is 5. The molecule has 0 fully saturated rings. The highest BCUT2D eigenvalue weighted by Gasteiger charge is 2.33. The lowest BCUT2D eigenvalue weighted by Gasteiger charge is -2.19. The fraction of sp³-hybridized carbons (Fsp3) is 0.316. The van der Waals surface area contributed by atoms with Crippen molar-refractivity contribution in [2.24, 2.45) is 12.8 Å².